The molecule has 0 aromatic heterocycles. The minimum absolute atomic E-state index is 0.156. The average Bonchev–Trinajstić information content (AvgIpc) is 2.67. The number of rotatable bonds is 6. The van der Waals surface area contributed by atoms with E-state index in [4.69, 9.17) is 9.47 Å². The van der Waals surface area contributed by atoms with Crippen LogP contribution >= 0.6 is 22.6 Å². The molecule has 0 unspecified atom stereocenters. The largest absolute Gasteiger partial charge is 0.490 e. The summed E-state index contributed by atoms with van der Waals surface area (Å²) in [5.41, 5.74) is 3.88. The molecule has 1 saturated heterocycles. The smallest absolute Gasteiger partial charge is 0.328 e. The number of hydrogen-bond donors (Lipinski definition) is 2. The van der Waals surface area contributed by atoms with Crippen LogP contribution in [0, 0.1) is 17.4 Å². The summed E-state index contributed by atoms with van der Waals surface area (Å²) in [5.74, 6) is -0.392. The SMILES string of the molecule is CCOc1cc(C=C2C(=O)NC(=O)NC2=O)cc(I)c1OCc1ccc(C)c(C)c1. The number of urea groups is 1. The molecular weight excluding hydrogens is 499 g/mol. The molecule has 30 heavy (non-hydrogen) atoms. The van der Waals surface area contributed by atoms with Crippen LogP contribution in [0.25, 0.3) is 6.08 Å². The molecule has 7 nitrogen and oxygen atoms in total. The molecule has 0 saturated carbocycles. The fourth-order valence-corrected chi connectivity index (χ4v) is 3.68. The van der Waals surface area contributed by atoms with Crippen molar-refractivity contribution in [3.63, 3.8) is 0 Å². The van der Waals surface area contributed by atoms with Crippen molar-refractivity contribution in [3.8, 4) is 11.5 Å². The summed E-state index contributed by atoms with van der Waals surface area (Å²) in [4.78, 5) is 35.2. The second-order valence-electron chi connectivity index (χ2n) is 6.77. The molecule has 2 N–H and O–H groups in total. The lowest BCUT2D eigenvalue weighted by Gasteiger charge is -2.16. The molecule has 0 spiro atoms. The number of ether oxygens (including phenoxy) is 2. The number of barbiturate groups is 1. The third kappa shape index (κ3) is 4.99. The molecule has 3 rings (SSSR count). The predicted molar refractivity (Wildman–Crippen MR) is 120 cm³/mol. The van der Waals surface area contributed by atoms with Gasteiger partial charge in [-0.3, -0.25) is 20.2 Å². The number of carbonyl (C=O) groups excluding carboxylic acids is 3. The van der Waals surface area contributed by atoms with E-state index in [1.54, 1.807) is 12.1 Å². The number of aryl methyl sites for hydroxylation is 2. The van der Waals surface area contributed by atoms with Gasteiger partial charge in [0, 0.05) is 0 Å². The van der Waals surface area contributed by atoms with Gasteiger partial charge in [-0.15, -0.1) is 0 Å². The fourth-order valence-electron chi connectivity index (χ4n) is 2.90. The van der Waals surface area contributed by atoms with Crippen molar-refractivity contribution in [1.29, 1.82) is 0 Å². The minimum Gasteiger partial charge on any atom is -0.490 e. The second kappa shape index (κ2) is 9.29. The Bertz CT molecular complexity index is 1040. The fraction of sp³-hybridized carbons (Fsp3) is 0.227. The van der Waals surface area contributed by atoms with Crippen LogP contribution in [-0.2, 0) is 16.2 Å². The lowest BCUT2D eigenvalue weighted by molar-refractivity contribution is -0.123. The Morgan fingerprint density at radius 2 is 1.67 bits per heavy atom. The normalized spacial score (nSPS) is 13.6. The molecule has 2 aromatic carbocycles. The Labute approximate surface area is 188 Å². The highest BCUT2D eigenvalue weighted by atomic mass is 127. The first-order valence-corrected chi connectivity index (χ1v) is 10.4. The molecule has 1 aliphatic rings. The quantitative estimate of drug-likeness (QED) is 0.345. The Kier molecular flexibility index (Phi) is 6.76. The number of benzene rings is 2. The number of carbonyl (C=O) groups is 3. The molecular formula is C22H21IN2O5. The van der Waals surface area contributed by atoms with Crippen molar-refractivity contribution in [2.75, 3.05) is 6.61 Å². The number of hydrogen-bond acceptors (Lipinski definition) is 5. The van der Waals surface area contributed by atoms with Crippen LogP contribution in [0.3, 0.4) is 0 Å². The van der Waals surface area contributed by atoms with Gasteiger partial charge in [-0.1, -0.05) is 18.2 Å². The summed E-state index contributed by atoms with van der Waals surface area (Å²) in [7, 11) is 0. The van der Waals surface area contributed by atoms with Gasteiger partial charge >= 0.3 is 6.03 Å². The van der Waals surface area contributed by atoms with E-state index in [-0.39, 0.29) is 5.57 Å². The summed E-state index contributed by atoms with van der Waals surface area (Å²) in [5, 5.41) is 4.11. The van der Waals surface area contributed by atoms with Crippen LogP contribution in [0.1, 0.15) is 29.2 Å². The molecule has 0 bridgehead atoms. The van der Waals surface area contributed by atoms with Gasteiger partial charge in [0.1, 0.15) is 12.2 Å². The molecule has 4 amide bonds. The number of imide groups is 2. The van der Waals surface area contributed by atoms with Crippen molar-refractivity contribution in [1.82, 2.24) is 10.6 Å². The summed E-state index contributed by atoms with van der Waals surface area (Å²) < 4.78 is 12.5. The topological polar surface area (TPSA) is 93.7 Å². The predicted octanol–water partition coefficient (Wildman–Crippen LogP) is 3.64. The summed E-state index contributed by atoms with van der Waals surface area (Å²) in [6, 6.07) is 8.82. The average molecular weight is 520 g/mol. The van der Waals surface area contributed by atoms with E-state index in [1.807, 2.05) is 13.0 Å². The molecule has 0 atom stereocenters. The molecule has 156 valence electrons. The Hall–Kier alpha value is -2.88. The van der Waals surface area contributed by atoms with Gasteiger partial charge in [0.2, 0.25) is 0 Å². The molecule has 0 aliphatic carbocycles. The van der Waals surface area contributed by atoms with Crippen molar-refractivity contribution >= 4 is 46.5 Å². The van der Waals surface area contributed by atoms with E-state index in [9.17, 15) is 14.4 Å². The van der Waals surface area contributed by atoms with Gasteiger partial charge in [-0.2, -0.15) is 0 Å². The van der Waals surface area contributed by atoms with Crippen LogP contribution in [0.15, 0.2) is 35.9 Å². The van der Waals surface area contributed by atoms with Crippen LogP contribution in [0.4, 0.5) is 4.79 Å². The Morgan fingerprint density at radius 3 is 2.30 bits per heavy atom. The highest BCUT2D eigenvalue weighted by Gasteiger charge is 2.28. The van der Waals surface area contributed by atoms with Gasteiger partial charge in [0.15, 0.2) is 11.5 Å². The van der Waals surface area contributed by atoms with E-state index in [1.165, 1.54) is 17.2 Å². The third-order valence-electron chi connectivity index (χ3n) is 4.54. The van der Waals surface area contributed by atoms with Crippen molar-refractivity contribution in [2.45, 2.75) is 27.4 Å². The third-order valence-corrected chi connectivity index (χ3v) is 5.34. The zero-order chi connectivity index (χ0) is 21.8. The van der Waals surface area contributed by atoms with E-state index >= 15 is 0 Å². The number of halogens is 1. The molecule has 1 fully saturated rings. The summed E-state index contributed by atoms with van der Waals surface area (Å²) in [6.07, 6.45) is 1.41. The van der Waals surface area contributed by atoms with Crippen LogP contribution in [0.2, 0.25) is 0 Å². The zero-order valence-corrected chi connectivity index (χ0v) is 19.0. The van der Waals surface area contributed by atoms with Gasteiger partial charge in [-0.05, 0) is 83.8 Å². The first kappa shape index (κ1) is 21.8. The Morgan fingerprint density at radius 1 is 0.967 bits per heavy atom. The summed E-state index contributed by atoms with van der Waals surface area (Å²) in [6.45, 7) is 6.78. The van der Waals surface area contributed by atoms with E-state index in [2.05, 4.69) is 59.2 Å². The van der Waals surface area contributed by atoms with Crippen LogP contribution in [0.5, 0.6) is 11.5 Å². The second-order valence-corrected chi connectivity index (χ2v) is 7.93. The van der Waals surface area contributed by atoms with Crippen molar-refractivity contribution < 1.29 is 23.9 Å². The molecule has 8 heteroatoms. The van der Waals surface area contributed by atoms with E-state index in [0.29, 0.717) is 30.3 Å². The van der Waals surface area contributed by atoms with Crippen LogP contribution < -0.4 is 20.1 Å². The van der Waals surface area contributed by atoms with Gasteiger partial charge in [0.25, 0.3) is 11.8 Å². The molecule has 2 aromatic rings. The van der Waals surface area contributed by atoms with E-state index < -0.39 is 17.8 Å². The van der Waals surface area contributed by atoms with Crippen molar-refractivity contribution in [2.24, 2.45) is 0 Å². The molecule has 1 heterocycles. The molecule has 0 radical (unpaired) electrons. The van der Waals surface area contributed by atoms with Crippen LogP contribution in [-0.4, -0.2) is 24.5 Å². The maximum Gasteiger partial charge on any atom is 0.328 e. The molecule has 1 aliphatic heterocycles. The number of nitrogens with one attached hydrogen (secondary N) is 2. The standard InChI is InChI=1S/C22H21IN2O5/c1-4-29-18-10-15(8-16-20(26)24-22(28)25-21(16)27)9-17(23)19(18)30-11-14-6-5-12(2)13(3)7-14/h5-10H,4,11H2,1-3H3,(H2,24,25,26,27,28). The van der Waals surface area contributed by atoms with Gasteiger partial charge in [-0.25, -0.2) is 4.79 Å². The highest BCUT2D eigenvalue weighted by Crippen LogP contribution is 2.35. The first-order chi connectivity index (χ1) is 14.3. The van der Waals surface area contributed by atoms with Crippen molar-refractivity contribution in [3.05, 3.63) is 61.7 Å². The van der Waals surface area contributed by atoms with Gasteiger partial charge in [0.05, 0.1) is 10.2 Å². The minimum atomic E-state index is -0.832. The Balaban J connectivity index is 1.89. The lowest BCUT2D eigenvalue weighted by Crippen LogP contribution is -2.51. The lowest BCUT2D eigenvalue weighted by atomic mass is 10.1. The highest BCUT2D eigenvalue weighted by molar-refractivity contribution is 14.1. The van der Waals surface area contributed by atoms with Gasteiger partial charge < -0.3 is 9.47 Å². The number of amides is 4. The van der Waals surface area contributed by atoms with E-state index in [0.717, 1.165) is 9.13 Å². The first-order valence-electron chi connectivity index (χ1n) is 9.32. The zero-order valence-electron chi connectivity index (χ0n) is 16.8. The summed E-state index contributed by atoms with van der Waals surface area (Å²) >= 11 is 2.12. The maximum absolute atomic E-state index is 12.0. The monoisotopic (exact) mass is 520 g/mol. The maximum atomic E-state index is 12.0.